The van der Waals surface area contributed by atoms with Crippen LogP contribution >= 0.6 is 0 Å². The van der Waals surface area contributed by atoms with Crippen LogP contribution in [-0.2, 0) is 45.1 Å². The van der Waals surface area contributed by atoms with Crippen molar-refractivity contribution >= 4 is 7.74 Å². The Kier molecular flexibility index (Phi) is 24.2. The Balaban J connectivity index is 1.87. The van der Waals surface area contributed by atoms with E-state index in [4.69, 9.17) is 6.64 Å². The van der Waals surface area contributed by atoms with E-state index in [2.05, 4.69) is 152 Å². The van der Waals surface area contributed by atoms with E-state index in [0.717, 1.165) is 118 Å². The molecule has 0 aliphatic heterocycles. The molecular weight excluding hydrogens is 817 g/mol. The van der Waals surface area contributed by atoms with Gasteiger partial charge in [-0.05, 0) is 0 Å². The van der Waals surface area contributed by atoms with Crippen LogP contribution in [0.2, 0.25) is 0 Å². The third-order valence-corrected chi connectivity index (χ3v) is 19.7. The quantitative estimate of drug-likeness (QED) is 0.0346. The molecule has 0 fully saturated rings. The number of hydrogen-bond acceptors (Lipinski definition) is 3. The van der Waals surface area contributed by atoms with Gasteiger partial charge in [0, 0.05) is 0 Å². The average Bonchev–Trinajstić information content (AvgIpc) is 3.26. The zero-order chi connectivity index (χ0) is 46.1. The first-order chi connectivity index (χ1) is 30.9. The van der Waals surface area contributed by atoms with Gasteiger partial charge in [-0.15, -0.1) is 0 Å². The van der Waals surface area contributed by atoms with Crippen LogP contribution in [0.1, 0.15) is 206 Å². The van der Waals surface area contributed by atoms with Gasteiger partial charge >= 0.3 is 398 Å². The van der Waals surface area contributed by atoms with Crippen molar-refractivity contribution < 1.29 is 26.0 Å². The molecule has 0 bridgehead atoms. The molecule has 0 spiro atoms. The Hall–Kier alpha value is -3.01. The fourth-order valence-electron chi connectivity index (χ4n) is 9.61. The van der Waals surface area contributed by atoms with Crippen molar-refractivity contribution in [2.75, 3.05) is 0 Å². The van der Waals surface area contributed by atoms with Gasteiger partial charge in [0.05, 0.1) is 0 Å². The molecule has 3 nitrogen and oxygen atoms in total. The summed E-state index contributed by atoms with van der Waals surface area (Å²) in [4.78, 5) is 0. The zero-order valence-corrected chi connectivity index (χ0v) is 43.8. The van der Waals surface area contributed by atoms with Crippen LogP contribution in [0.25, 0.3) is 0 Å². The summed E-state index contributed by atoms with van der Waals surface area (Å²) < 4.78 is 35.0. The van der Waals surface area contributed by atoms with E-state index < -0.39 is 16.1 Å². The molecule has 0 N–H and O–H groups in total. The molecule has 0 heterocycles. The van der Waals surface area contributed by atoms with Crippen LogP contribution in [-0.4, -0.2) is 0 Å². The molecule has 4 heteroatoms. The van der Waals surface area contributed by atoms with E-state index in [1.807, 2.05) is 0 Å². The molecule has 0 aromatic heterocycles. The van der Waals surface area contributed by atoms with E-state index >= 15 is 3.32 Å². The molecule has 4 aromatic carbocycles. The topological polar surface area (TPSA) is 35.5 Å². The maximum absolute atomic E-state index is 18.1. The zero-order valence-electron chi connectivity index (χ0n) is 42.2. The van der Waals surface area contributed by atoms with Crippen molar-refractivity contribution in [2.24, 2.45) is 23.7 Å². The van der Waals surface area contributed by atoms with Gasteiger partial charge in [0.1, 0.15) is 0 Å². The van der Waals surface area contributed by atoms with Crippen LogP contribution in [0.5, 0.6) is 11.5 Å². The first kappa shape index (κ1) is 53.6. The number of rotatable bonds is 34. The van der Waals surface area contributed by atoms with Crippen molar-refractivity contribution in [3.05, 3.63) is 119 Å². The SMILES string of the molecule is CC(C)CCCCCCc1ccccc1[O][Ti](=[O])([O]c1ccccc1CCCCCCC(C)C)([c]1ccccc1CCCCCCC(C)C)[c]1ccccc1CCCCCCC(C)C. The van der Waals surface area contributed by atoms with E-state index in [-0.39, 0.29) is 0 Å². The fraction of sp³-hybridized carbons (Fsp3) is 0.600. The molecule has 354 valence electrons. The molecule has 64 heavy (non-hydrogen) atoms. The molecular formula is C60H92O3Ti. The summed E-state index contributed by atoms with van der Waals surface area (Å²) in [6.45, 7) is 18.5. The third kappa shape index (κ3) is 18.0. The summed E-state index contributed by atoms with van der Waals surface area (Å²) in [7, 11) is 0. The molecule has 0 aliphatic carbocycles. The summed E-state index contributed by atoms with van der Waals surface area (Å²) in [5.74, 6) is 4.33. The first-order valence-corrected chi connectivity index (χ1v) is 30.0. The van der Waals surface area contributed by atoms with E-state index in [0.29, 0.717) is 11.5 Å². The van der Waals surface area contributed by atoms with Gasteiger partial charge in [-0.25, -0.2) is 0 Å². The van der Waals surface area contributed by atoms with Gasteiger partial charge in [0.25, 0.3) is 0 Å². The number of benzene rings is 4. The van der Waals surface area contributed by atoms with Crippen LogP contribution < -0.4 is 14.4 Å². The Morgan fingerprint density at radius 1 is 0.328 bits per heavy atom. The van der Waals surface area contributed by atoms with E-state index in [1.54, 1.807) is 0 Å². The van der Waals surface area contributed by atoms with E-state index in [1.165, 1.54) is 89.9 Å². The van der Waals surface area contributed by atoms with Gasteiger partial charge in [-0.3, -0.25) is 0 Å². The Morgan fingerprint density at radius 3 is 0.891 bits per heavy atom. The van der Waals surface area contributed by atoms with Gasteiger partial charge < -0.3 is 0 Å². The minimum atomic E-state index is -6.39. The monoisotopic (exact) mass is 909 g/mol. The standard InChI is InChI=1S/2C15H24O.2C15H23.O.Ti/c2*1-13(2)9-5-3-4-6-10-14-11-7-8-12-15(14)16;2*1-14(2)10-6-3-4-7-11-15-12-8-5-9-13-15;;/h2*7-8,11-13,16H,3-6,9-10H2,1-2H3;2*5,8-9,12,14H,3-4,6-7,10-11H2,1-2H3;;/q;;;;;+2/p-2. The van der Waals surface area contributed by atoms with Gasteiger partial charge in [-0.1, -0.05) is 0 Å². The average molecular weight is 909 g/mol. The molecule has 0 atom stereocenters. The third-order valence-electron chi connectivity index (χ3n) is 13.4. The second-order valence-corrected chi connectivity index (χ2v) is 26.5. The molecule has 0 radical (unpaired) electrons. The Morgan fingerprint density at radius 2 is 0.578 bits per heavy atom. The van der Waals surface area contributed by atoms with Crippen molar-refractivity contribution in [2.45, 2.75) is 209 Å². The second-order valence-electron chi connectivity index (χ2n) is 21.1. The Labute approximate surface area is 395 Å². The predicted octanol–water partition coefficient (Wildman–Crippen LogP) is 17.3. The summed E-state index contributed by atoms with van der Waals surface area (Å²) in [5.41, 5.74) is 4.40. The summed E-state index contributed by atoms with van der Waals surface area (Å²) in [6, 6.07) is 33.9. The number of para-hydroxylation sites is 2. The van der Waals surface area contributed by atoms with Crippen LogP contribution in [0.15, 0.2) is 97.1 Å². The van der Waals surface area contributed by atoms with Gasteiger partial charge in [0.2, 0.25) is 0 Å². The molecule has 0 saturated heterocycles. The predicted molar refractivity (Wildman–Crippen MR) is 273 cm³/mol. The second kappa shape index (κ2) is 28.9. The summed E-state index contributed by atoms with van der Waals surface area (Å²) in [5, 5.41) is 0. The first-order valence-electron chi connectivity index (χ1n) is 26.5. The van der Waals surface area contributed by atoms with Crippen LogP contribution in [0.3, 0.4) is 0 Å². The molecule has 4 rings (SSSR count). The molecule has 0 aliphatic rings. The van der Waals surface area contributed by atoms with Gasteiger partial charge in [-0.2, -0.15) is 0 Å². The van der Waals surface area contributed by atoms with Crippen molar-refractivity contribution in [3.63, 3.8) is 0 Å². The normalized spacial score (nSPS) is 12.3. The summed E-state index contributed by atoms with van der Waals surface area (Å²) >= 11 is -6.39. The van der Waals surface area contributed by atoms with Crippen LogP contribution in [0, 0.1) is 23.7 Å². The number of aryl methyl sites for hydroxylation is 4. The number of unbranched alkanes of at least 4 members (excludes halogenated alkanes) is 12. The van der Waals surface area contributed by atoms with Crippen molar-refractivity contribution in [1.82, 2.24) is 0 Å². The minimum absolute atomic E-state index is 0.700. The number of hydrogen-bond donors (Lipinski definition) is 0. The van der Waals surface area contributed by atoms with Crippen molar-refractivity contribution in [1.29, 1.82) is 0 Å². The van der Waals surface area contributed by atoms with Crippen LogP contribution in [0.4, 0.5) is 0 Å². The molecule has 0 amide bonds. The maximum atomic E-state index is 18.1. The van der Waals surface area contributed by atoms with Crippen molar-refractivity contribution in [3.8, 4) is 11.5 Å². The summed E-state index contributed by atoms with van der Waals surface area (Å²) in [6.07, 6.45) is 27.3. The molecule has 0 unspecified atom stereocenters. The van der Waals surface area contributed by atoms with E-state index in [9.17, 15) is 0 Å². The molecule has 4 aromatic rings. The fourth-order valence-corrected chi connectivity index (χ4v) is 16.3. The molecule has 0 saturated carbocycles. The van der Waals surface area contributed by atoms with Gasteiger partial charge in [0.15, 0.2) is 0 Å². The Bertz CT molecular complexity index is 1800.